The lowest BCUT2D eigenvalue weighted by Crippen LogP contribution is -2.35. The summed E-state index contributed by atoms with van der Waals surface area (Å²) in [5, 5.41) is 4.29. The molecule has 0 bridgehead atoms. The van der Waals surface area contributed by atoms with Gasteiger partial charge in [-0.2, -0.15) is 9.67 Å². The Bertz CT molecular complexity index is 1080. The number of esters is 1. The van der Waals surface area contributed by atoms with Crippen LogP contribution >= 0.6 is 0 Å². The summed E-state index contributed by atoms with van der Waals surface area (Å²) in [5.74, 6) is -0.0665. The largest absolute Gasteiger partial charge is 0.465 e. The van der Waals surface area contributed by atoms with E-state index in [1.807, 2.05) is 18.2 Å². The molecule has 3 aromatic rings. The monoisotopic (exact) mass is 364 g/mol. The molecule has 8 nitrogen and oxygen atoms in total. The number of aromatic nitrogens is 3. The van der Waals surface area contributed by atoms with E-state index in [0.29, 0.717) is 22.6 Å². The second-order valence-corrected chi connectivity index (χ2v) is 6.09. The summed E-state index contributed by atoms with van der Waals surface area (Å²) in [4.78, 5) is 38.4. The molecule has 0 spiro atoms. The number of rotatable bonds is 4. The summed E-state index contributed by atoms with van der Waals surface area (Å²) < 4.78 is 7.01. The first kappa shape index (κ1) is 16.8. The molecule has 2 aromatic carbocycles. The number of fused-ring (bicyclic) bond motifs is 1. The maximum Gasteiger partial charge on any atom is 0.354 e. The van der Waals surface area contributed by atoms with Gasteiger partial charge in [0.1, 0.15) is 0 Å². The predicted molar refractivity (Wildman–Crippen MR) is 96.8 cm³/mol. The van der Waals surface area contributed by atoms with Crippen molar-refractivity contribution in [1.82, 2.24) is 14.3 Å². The zero-order chi connectivity index (χ0) is 19.0. The van der Waals surface area contributed by atoms with Crippen LogP contribution in [0, 0.1) is 0 Å². The van der Waals surface area contributed by atoms with Gasteiger partial charge in [0.25, 0.3) is 0 Å². The van der Waals surface area contributed by atoms with Crippen molar-refractivity contribution in [2.45, 2.75) is 13.1 Å². The molecule has 8 heteroatoms. The fraction of sp³-hybridized carbons (Fsp3) is 0.158. The van der Waals surface area contributed by atoms with Crippen molar-refractivity contribution < 1.29 is 14.3 Å². The SMILES string of the molecule is COC(=O)c1cccc(Cn2nc3n(c2=O)C(=O)N(c2ccccc2)C3)c1. The summed E-state index contributed by atoms with van der Waals surface area (Å²) in [6.07, 6.45) is 0. The molecule has 1 aliphatic rings. The fourth-order valence-electron chi connectivity index (χ4n) is 3.08. The molecule has 0 aliphatic carbocycles. The number of hydrogen-bond donors (Lipinski definition) is 0. The van der Waals surface area contributed by atoms with Gasteiger partial charge in [-0.3, -0.25) is 4.90 Å². The van der Waals surface area contributed by atoms with Crippen LogP contribution in [0.1, 0.15) is 21.7 Å². The van der Waals surface area contributed by atoms with E-state index in [1.54, 1.807) is 36.4 Å². The molecule has 1 aromatic heterocycles. The van der Waals surface area contributed by atoms with Crippen molar-refractivity contribution in [3.8, 4) is 0 Å². The van der Waals surface area contributed by atoms with Gasteiger partial charge in [-0.05, 0) is 29.8 Å². The van der Waals surface area contributed by atoms with Crippen LogP contribution in [0.25, 0.3) is 0 Å². The Morgan fingerprint density at radius 1 is 1.11 bits per heavy atom. The zero-order valence-electron chi connectivity index (χ0n) is 14.5. The molecule has 0 radical (unpaired) electrons. The van der Waals surface area contributed by atoms with Gasteiger partial charge in [-0.25, -0.2) is 19.1 Å². The maximum absolute atomic E-state index is 12.7. The van der Waals surface area contributed by atoms with Crippen molar-refractivity contribution in [2.24, 2.45) is 0 Å². The zero-order valence-corrected chi connectivity index (χ0v) is 14.5. The number of hydrogen-bond acceptors (Lipinski definition) is 5. The predicted octanol–water partition coefficient (Wildman–Crippen LogP) is 1.87. The summed E-state index contributed by atoms with van der Waals surface area (Å²) >= 11 is 0. The summed E-state index contributed by atoms with van der Waals surface area (Å²) in [6.45, 7) is 0.384. The minimum Gasteiger partial charge on any atom is -0.465 e. The van der Waals surface area contributed by atoms with E-state index in [-0.39, 0.29) is 13.1 Å². The number of ether oxygens (including phenoxy) is 1. The third-order valence-electron chi connectivity index (χ3n) is 4.38. The summed E-state index contributed by atoms with van der Waals surface area (Å²) in [5.41, 5.74) is 1.31. The number of methoxy groups -OCH3 is 1. The number of benzene rings is 2. The first-order valence-corrected chi connectivity index (χ1v) is 8.31. The number of para-hydroxylation sites is 1. The van der Waals surface area contributed by atoms with E-state index < -0.39 is 17.7 Å². The molecule has 136 valence electrons. The van der Waals surface area contributed by atoms with Crippen molar-refractivity contribution in [3.05, 3.63) is 82.0 Å². The molecule has 0 atom stereocenters. The van der Waals surface area contributed by atoms with E-state index in [4.69, 9.17) is 4.74 Å². The van der Waals surface area contributed by atoms with Gasteiger partial charge < -0.3 is 4.74 Å². The van der Waals surface area contributed by atoms with Crippen LogP contribution in [0.4, 0.5) is 10.5 Å². The Balaban J connectivity index is 1.61. The van der Waals surface area contributed by atoms with Gasteiger partial charge in [-0.1, -0.05) is 30.3 Å². The Morgan fingerprint density at radius 3 is 2.59 bits per heavy atom. The van der Waals surface area contributed by atoms with E-state index >= 15 is 0 Å². The number of carbonyl (C=O) groups excluding carboxylic acids is 2. The van der Waals surface area contributed by atoms with Crippen LogP contribution in [0.2, 0.25) is 0 Å². The molecule has 0 N–H and O–H groups in total. The van der Waals surface area contributed by atoms with Crippen molar-refractivity contribution in [2.75, 3.05) is 12.0 Å². The number of amides is 1. The molecule has 1 aliphatic heterocycles. The van der Waals surface area contributed by atoms with Gasteiger partial charge in [0.2, 0.25) is 0 Å². The van der Waals surface area contributed by atoms with Crippen LogP contribution < -0.4 is 10.6 Å². The average Bonchev–Trinajstić information content (AvgIpc) is 3.18. The third kappa shape index (κ3) is 2.91. The number of nitrogens with zero attached hydrogens (tertiary/aromatic N) is 4. The lowest BCUT2D eigenvalue weighted by atomic mass is 10.1. The van der Waals surface area contributed by atoms with Gasteiger partial charge in [0.05, 0.1) is 25.8 Å². The lowest BCUT2D eigenvalue weighted by Gasteiger charge is -2.14. The highest BCUT2D eigenvalue weighted by Gasteiger charge is 2.33. The van der Waals surface area contributed by atoms with Crippen LogP contribution in [-0.2, 0) is 17.8 Å². The molecule has 0 fully saturated rings. The molecule has 2 heterocycles. The van der Waals surface area contributed by atoms with E-state index in [1.165, 1.54) is 16.7 Å². The van der Waals surface area contributed by atoms with Crippen molar-refractivity contribution >= 4 is 17.7 Å². The third-order valence-corrected chi connectivity index (χ3v) is 4.38. The summed E-state index contributed by atoms with van der Waals surface area (Å²) in [6, 6.07) is 15.5. The minimum atomic E-state index is -0.503. The quantitative estimate of drug-likeness (QED) is 0.660. The maximum atomic E-state index is 12.7. The minimum absolute atomic E-state index is 0.155. The highest BCUT2D eigenvalue weighted by molar-refractivity contribution is 5.96. The van der Waals surface area contributed by atoms with Gasteiger partial charge in [0.15, 0.2) is 5.82 Å². The molecule has 0 saturated carbocycles. The standard InChI is InChI=1S/C19H16N4O4/c1-27-17(24)14-7-5-6-13(10-14)11-22-19(26)23-16(20-22)12-21(18(23)25)15-8-3-2-4-9-15/h2-10H,11-12H2,1H3. The average molecular weight is 364 g/mol. The first-order chi connectivity index (χ1) is 13.1. The van der Waals surface area contributed by atoms with Crippen LogP contribution in [0.15, 0.2) is 59.4 Å². The molecule has 4 rings (SSSR count). The van der Waals surface area contributed by atoms with Crippen molar-refractivity contribution in [3.63, 3.8) is 0 Å². The Morgan fingerprint density at radius 2 is 1.89 bits per heavy atom. The number of anilines is 1. The molecule has 27 heavy (non-hydrogen) atoms. The van der Waals surface area contributed by atoms with Gasteiger partial charge in [0, 0.05) is 5.69 Å². The molecule has 0 saturated heterocycles. The summed E-state index contributed by atoms with van der Waals surface area (Å²) in [7, 11) is 1.31. The second kappa shape index (κ2) is 6.56. The van der Waals surface area contributed by atoms with Gasteiger partial charge in [-0.15, -0.1) is 0 Å². The molecular formula is C19H16N4O4. The topological polar surface area (TPSA) is 86.4 Å². The Kier molecular flexibility index (Phi) is 4.08. The van der Waals surface area contributed by atoms with E-state index in [2.05, 4.69) is 5.10 Å². The van der Waals surface area contributed by atoms with E-state index in [0.717, 1.165) is 4.57 Å². The second-order valence-electron chi connectivity index (χ2n) is 6.09. The fourth-order valence-corrected chi connectivity index (χ4v) is 3.08. The van der Waals surface area contributed by atoms with E-state index in [9.17, 15) is 14.4 Å². The van der Waals surface area contributed by atoms with Crippen molar-refractivity contribution in [1.29, 1.82) is 0 Å². The normalized spacial score (nSPS) is 12.9. The number of carbonyl (C=O) groups is 2. The molecular weight excluding hydrogens is 348 g/mol. The van der Waals surface area contributed by atoms with Crippen LogP contribution in [-0.4, -0.2) is 33.5 Å². The van der Waals surface area contributed by atoms with Crippen LogP contribution in [0.3, 0.4) is 0 Å². The molecule has 1 amide bonds. The van der Waals surface area contributed by atoms with Gasteiger partial charge >= 0.3 is 17.7 Å². The Labute approximate surface area is 154 Å². The Hall–Kier alpha value is -3.68. The molecule has 0 unspecified atom stereocenters. The lowest BCUT2D eigenvalue weighted by molar-refractivity contribution is 0.0600. The smallest absolute Gasteiger partial charge is 0.354 e. The first-order valence-electron chi connectivity index (χ1n) is 8.31. The van der Waals surface area contributed by atoms with Crippen LogP contribution in [0.5, 0.6) is 0 Å². The highest BCUT2D eigenvalue weighted by atomic mass is 16.5. The highest BCUT2D eigenvalue weighted by Crippen LogP contribution is 2.21.